The molecule has 0 aliphatic rings. The Hall–Kier alpha value is -4.67. The van der Waals surface area contributed by atoms with E-state index in [2.05, 4.69) is 15.2 Å². The molecule has 1 N–H and O–H groups in total. The fourth-order valence-corrected chi connectivity index (χ4v) is 4.62. The second-order valence-electron chi connectivity index (χ2n) is 9.60. The first-order valence-electron chi connectivity index (χ1n) is 13.1. The van der Waals surface area contributed by atoms with Crippen LogP contribution in [0, 0.1) is 13.8 Å². The fourth-order valence-electron chi connectivity index (χ4n) is 4.62. The summed E-state index contributed by atoms with van der Waals surface area (Å²) in [6.07, 6.45) is 0.707. The van der Waals surface area contributed by atoms with E-state index in [9.17, 15) is 18.0 Å². The van der Waals surface area contributed by atoms with Crippen LogP contribution in [-0.2, 0) is 19.3 Å². The number of alkyl halides is 3. The highest BCUT2D eigenvalue weighted by Gasteiger charge is 2.34. The van der Waals surface area contributed by atoms with Crippen molar-refractivity contribution >= 4 is 10.9 Å². The van der Waals surface area contributed by atoms with Crippen LogP contribution in [0.15, 0.2) is 65.8 Å². The van der Waals surface area contributed by atoms with Gasteiger partial charge in [0.2, 0.25) is 0 Å². The quantitative estimate of drug-likeness (QED) is 0.228. The molecule has 0 amide bonds. The second kappa shape index (κ2) is 11.4. The van der Waals surface area contributed by atoms with E-state index < -0.39 is 17.3 Å². The lowest BCUT2D eigenvalue weighted by Crippen LogP contribution is -2.29. The number of aryl methyl sites for hydroxylation is 2. The summed E-state index contributed by atoms with van der Waals surface area (Å²) in [5, 5.41) is 8.12. The molecule has 4 heterocycles. The minimum Gasteiger partial charge on any atom is -0.490 e. The molecular weight excluding hydrogens is 535 g/mol. The predicted octanol–water partition coefficient (Wildman–Crippen LogP) is 6.23. The zero-order valence-electron chi connectivity index (χ0n) is 22.7. The lowest BCUT2D eigenvalue weighted by Gasteiger charge is -2.16. The Morgan fingerprint density at radius 3 is 2.66 bits per heavy atom. The van der Waals surface area contributed by atoms with Gasteiger partial charge in [-0.1, -0.05) is 19.1 Å². The molecule has 0 aliphatic heterocycles. The van der Waals surface area contributed by atoms with Crippen molar-refractivity contribution in [1.82, 2.24) is 24.7 Å². The lowest BCUT2D eigenvalue weighted by molar-refractivity contribution is -0.138. The molecule has 0 saturated heterocycles. The number of pyridine rings is 3. The summed E-state index contributed by atoms with van der Waals surface area (Å²) in [6.45, 7) is 6.26. The van der Waals surface area contributed by atoms with E-state index in [0.29, 0.717) is 40.6 Å². The number of benzene rings is 1. The van der Waals surface area contributed by atoms with Crippen LogP contribution >= 0.6 is 0 Å². The normalized spacial score (nSPS) is 11.7. The molecule has 0 spiro atoms. The summed E-state index contributed by atoms with van der Waals surface area (Å²) in [6, 6.07) is 11.3. The Labute approximate surface area is 233 Å². The number of fused-ring (bicyclic) bond motifs is 1. The van der Waals surface area contributed by atoms with Gasteiger partial charge in [-0.15, -0.1) is 0 Å². The van der Waals surface area contributed by atoms with Crippen molar-refractivity contribution in [2.24, 2.45) is 0 Å². The summed E-state index contributed by atoms with van der Waals surface area (Å²) in [4.78, 5) is 21.7. The number of halogens is 3. The van der Waals surface area contributed by atoms with Gasteiger partial charge in [-0.3, -0.25) is 14.9 Å². The molecule has 11 heteroatoms. The number of nitrogens with zero attached hydrogens (tertiary/aromatic N) is 4. The van der Waals surface area contributed by atoms with Crippen LogP contribution in [0.25, 0.3) is 22.2 Å². The smallest absolute Gasteiger partial charge is 0.421 e. The summed E-state index contributed by atoms with van der Waals surface area (Å²) in [5.74, 6) is 1.16. The van der Waals surface area contributed by atoms with Crippen molar-refractivity contribution in [1.29, 1.82) is 0 Å². The zero-order valence-corrected chi connectivity index (χ0v) is 22.7. The van der Waals surface area contributed by atoms with Crippen LogP contribution in [-0.4, -0.2) is 31.3 Å². The lowest BCUT2D eigenvalue weighted by atomic mass is 10.0. The first kappa shape index (κ1) is 27.9. The molecule has 0 atom stereocenters. The van der Waals surface area contributed by atoms with Crippen molar-refractivity contribution in [2.45, 2.75) is 46.5 Å². The number of aromatic amines is 1. The second-order valence-corrected chi connectivity index (χ2v) is 9.60. The third kappa shape index (κ3) is 5.79. The molecule has 1 aromatic carbocycles. The van der Waals surface area contributed by atoms with E-state index in [0.717, 1.165) is 39.3 Å². The van der Waals surface area contributed by atoms with Crippen LogP contribution in [0.2, 0.25) is 0 Å². The monoisotopic (exact) mass is 563 g/mol. The third-order valence-corrected chi connectivity index (χ3v) is 6.65. The third-order valence-electron chi connectivity index (χ3n) is 6.65. The van der Waals surface area contributed by atoms with Gasteiger partial charge in [-0.2, -0.15) is 18.3 Å². The van der Waals surface area contributed by atoms with Gasteiger partial charge >= 0.3 is 6.18 Å². The first-order chi connectivity index (χ1) is 19.7. The fraction of sp³-hybridized carbons (Fsp3) is 0.267. The molecule has 212 valence electrons. The highest BCUT2D eigenvalue weighted by Crippen LogP contribution is 2.36. The van der Waals surface area contributed by atoms with Crippen LogP contribution in [0.5, 0.6) is 11.5 Å². The number of hydrogen-bond acceptors (Lipinski definition) is 6. The van der Waals surface area contributed by atoms with Crippen LogP contribution in [0.1, 0.15) is 41.4 Å². The van der Waals surface area contributed by atoms with Crippen molar-refractivity contribution in [3.8, 4) is 22.8 Å². The highest BCUT2D eigenvalue weighted by molar-refractivity contribution is 5.97. The molecule has 0 aliphatic carbocycles. The Morgan fingerprint density at radius 1 is 1.05 bits per heavy atom. The number of para-hydroxylation sites is 1. The largest absolute Gasteiger partial charge is 0.490 e. The van der Waals surface area contributed by atoms with Gasteiger partial charge in [0.25, 0.3) is 5.56 Å². The number of rotatable bonds is 9. The predicted molar refractivity (Wildman–Crippen MR) is 148 cm³/mol. The number of aromatic nitrogens is 5. The Kier molecular flexibility index (Phi) is 7.78. The zero-order chi connectivity index (χ0) is 29.1. The van der Waals surface area contributed by atoms with Gasteiger partial charge in [-0.05, 0) is 56.2 Å². The molecule has 0 radical (unpaired) electrons. The average molecular weight is 564 g/mol. The highest BCUT2D eigenvalue weighted by atomic mass is 19.4. The molecule has 8 nitrogen and oxygen atoms in total. The first-order valence-corrected chi connectivity index (χ1v) is 13.1. The minimum absolute atomic E-state index is 0.0695. The standard InChI is InChI=1S/C30H28F3N5O3/c1-4-13-40-26-15-35-37-28(26)21-14-19(3)36-27-20(21)7-5-9-25(27)41-17-22-18(2)10-11-34-24(22)16-38-12-6-8-23(29(38)39)30(31,32)33/h5-12,14-15H,4,13,16-17H2,1-3H3,(H,35,37). The molecule has 0 fully saturated rings. The van der Waals surface area contributed by atoms with Crippen molar-refractivity contribution in [3.63, 3.8) is 0 Å². The number of nitrogens with one attached hydrogen (secondary N) is 1. The molecule has 0 bridgehead atoms. The van der Waals surface area contributed by atoms with Gasteiger partial charge in [-0.25, -0.2) is 4.98 Å². The van der Waals surface area contributed by atoms with Gasteiger partial charge in [0.15, 0.2) is 5.75 Å². The number of ether oxygens (including phenoxy) is 2. The van der Waals surface area contributed by atoms with E-state index in [-0.39, 0.29) is 13.2 Å². The van der Waals surface area contributed by atoms with E-state index >= 15 is 0 Å². The van der Waals surface area contributed by atoms with E-state index in [1.807, 2.05) is 39.0 Å². The molecule has 41 heavy (non-hydrogen) atoms. The van der Waals surface area contributed by atoms with E-state index in [4.69, 9.17) is 14.5 Å². The molecule has 0 saturated carbocycles. The maximum atomic E-state index is 13.3. The molecule has 4 aromatic heterocycles. The van der Waals surface area contributed by atoms with E-state index in [1.54, 1.807) is 24.5 Å². The minimum atomic E-state index is -4.75. The van der Waals surface area contributed by atoms with Crippen LogP contribution in [0.3, 0.4) is 0 Å². The van der Waals surface area contributed by atoms with Gasteiger partial charge in [0.1, 0.15) is 29.1 Å². The number of hydrogen-bond donors (Lipinski definition) is 1. The van der Waals surface area contributed by atoms with Gasteiger partial charge in [0, 0.05) is 34.6 Å². The Morgan fingerprint density at radius 2 is 1.88 bits per heavy atom. The van der Waals surface area contributed by atoms with Crippen LogP contribution < -0.4 is 15.0 Å². The summed E-state index contributed by atoms with van der Waals surface area (Å²) >= 11 is 0. The number of H-pyrrole nitrogens is 1. The van der Waals surface area contributed by atoms with Gasteiger partial charge in [0.05, 0.1) is 25.0 Å². The Balaban J connectivity index is 1.48. The van der Waals surface area contributed by atoms with Crippen molar-refractivity contribution < 1.29 is 22.6 Å². The van der Waals surface area contributed by atoms with Crippen molar-refractivity contribution in [2.75, 3.05) is 6.61 Å². The molecule has 0 unspecified atom stereocenters. The van der Waals surface area contributed by atoms with E-state index in [1.165, 1.54) is 12.3 Å². The SMILES string of the molecule is CCCOc1c[nH]nc1-c1cc(C)nc2c(OCc3c(C)ccnc3Cn3cccc(C(F)(F)F)c3=O)cccc12. The summed E-state index contributed by atoms with van der Waals surface area (Å²) in [7, 11) is 0. The van der Waals surface area contributed by atoms with Crippen molar-refractivity contribution in [3.05, 3.63) is 99.5 Å². The summed E-state index contributed by atoms with van der Waals surface area (Å²) < 4.78 is 53.1. The van der Waals surface area contributed by atoms with Gasteiger partial charge < -0.3 is 14.0 Å². The topological polar surface area (TPSA) is 94.9 Å². The Bertz CT molecular complexity index is 1760. The summed E-state index contributed by atoms with van der Waals surface area (Å²) in [5.41, 5.74) is 2.48. The molecular formula is C30H28F3N5O3. The average Bonchev–Trinajstić information content (AvgIpc) is 3.40. The maximum Gasteiger partial charge on any atom is 0.421 e. The maximum absolute atomic E-state index is 13.3. The van der Waals surface area contributed by atoms with Crippen LogP contribution in [0.4, 0.5) is 13.2 Å². The molecule has 5 aromatic rings. The molecule has 5 rings (SSSR count).